The monoisotopic (exact) mass is 306 g/mol. The number of anilines is 2. The Hall–Kier alpha value is -2.05. The van der Waals surface area contributed by atoms with Gasteiger partial charge in [0.05, 0.1) is 11.5 Å². The average molecular weight is 306 g/mol. The number of nitrogens with two attached hydrogens (primary N) is 1. The lowest BCUT2D eigenvalue weighted by Gasteiger charge is -2.13. The van der Waals surface area contributed by atoms with Crippen molar-refractivity contribution in [1.29, 1.82) is 0 Å². The molecule has 0 aliphatic heterocycles. The first-order valence-electron chi connectivity index (χ1n) is 6.43. The normalized spacial score (nSPS) is 11.4. The van der Waals surface area contributed by atoms with Crippen molar-refractivity contribution in [3.8, 4) is 0 Å². The molecule has 0 saturated carbocycles. The maximum Gasteiger partial charge on any atom is 0.262 e. The van der Waals surface area contributed by atoms with Gasteiger partial charge in [-0.1, -0.05) is 12.1 Å². The van der Waals surface area contributed by atoms with Crippen LogP contribution in [0.25, 0.3) is 0 Å². The van der Waals surface area contributed by atoms with Crippen LogP contribution in [0.3, 0.4) is 0 Å². The maximum absolute atomic E-state index is 12.5. The molecule has 0 unspecified atom stereocenters. The molecule has 6 heteroatoms. The van der Waals surface area contributed by atoms with Gasteiger partial charge in [0.1, 0.15) is 0 Å². The van der Waals surface area contributed by atoms with E-state index in [1.54, 1.807) is 50.2 Å². The summed E-state index contributed by atoms with van der Waals surface area (Å²) in [5, 5.41) is 8.98. The number of benzene rings is 2. The van der Waals surface area contributed by atoms with Crippen molar-refractivity contribution in [3.63, 3.8) is 0 Å². The number of nitrogen functional groups attached to an aromatic ring is 1. The molecule has 21 heavy (non-hydrogen) atoms. The lowest BCUT2D eigenvalue weighted by molar-refractivity contribution is 0.282. The van der Waals surface area contributed by atoms with E-state index in [-0.39, 0.29) is 11.5 Å². The number of aliphatic hydroxyl groups is 1. The van der Waals surface area contributed by atoms with Crippen LogP contribution in [0.4, 0.5) is 11.4 Å². The predicted molar refractivity (Wildman–Crippen MR) is 83.5 cm³/mol. The van der Waals surface area contributed by atoms with Crippen LogP contribution in [-0.4, -0.2) is 13.5 Å². The third-order valence-electron chi connectivity index (χ3n) is 3.22. The van der Waals surface area contributed by atoms with E-state index in [0.717, 1.165) is 5.56 Å². The Morgan fingerprint density at radius 2 is 1.76 bits per heavy atom. The molecular weight excluding hydrogens is 288 g/mol. The summed E-state index contributed by atoms with van der Waals surface area (Å²) in [6, 6.07) is 9.88. The summed E-state index contributed by atoms with van der Waals surface area (Å²) in [7, 11) is -3.70. The topological polar surface area (TPSA) is 92.4 Å². The fourth-order valence-corrected chi connectivity index (χ4v) is 3.44. The quantitative estimate of drug-likeness (QED) is 0.755. The first-order valence-corrected chi connectivity index (χ1v) is 7.91. The molecule has 0 aliphatic rings. The molecule has 2 aromatic rings. The Balaban J connectivity index is 2.38. The Bertz CT molecular complexity index is 753. The highest BCUT2D eigenvalue weighted by Crippen LogP contribution is 2.25. The minimum absolute atomic E-state index is 0.0828. The number of aryl methyl sites for hydroxylation is 1. The number of nitrogens with one attached hydrogen (secondary N) is 1. The van der Waals surface area contributed by atoms with E-state index < -0.39 is 10.0 Å². The standard InChI is InChI=1S/C15H18N2O3S/c1-10-7-14(16)11(2)15(8-10)21(19,20)17-13-5-3-12(9-18)4-6-13/h3-8,17-18H,9,16H2,1-2H3. The summed E-state index contributed by atoms with van der Waals surface area (Å²) in [5.41, 5.74) is 8.75. The van der Waals surface area contributed by atoms with Crippen LogP contribution in [0.1, 0.15) is 16.7 Å². The molecule has 0 radical (unpaired) electrons. The molecule has 2 aromatic carbocycles. The van der Waals surface area contributed by atoms with Gasteiger partial charge < -0.3 is 10.8 Å². The van der Waals surface area contributed by atoms with Crippen molar-refractivity contribution in [1.82, 2.24) is 0 Å². The van der Waals surface area contributed by atoms with Gasteiger partial charge in [-0.15, -0.1) is 0 Å². The van der Waals surface area contributed by atoms with Gasteiger partial charge in [0.15, 0.2) is 0 Å². The van der Waals surface area contributed by atoms with Gasteiger partial charge >= 0.3 is 0 Å². The minimum atomic E-state index is -3.70. The molecule has 4 N–H and O–H groups in total. The molecule has 5 nitrogen and oxygen atoms in total. The van der Waals surface area contributed by atoms with E-state index in [0.29, 0.717) is 22.5 Å². The molecule has 0 fully saturated rings. The van der Waals surface area contributed by atoms with Gasteiger partial charge in [-0.25, -0.2) is 8.42 Å². The van der Waals surface area contributed by atoms with Crippen molar-refractivity contribution >= 4 is 21.4 Å². The number of sulfonamides is 1. The van der Waals surface area contributed by atoms with E-state index in [2.05, 4.69) is 4.72 Å². The molecule has 0 atom stereocenters. The molecule has 0 amide bonds. The van der Waals surface area contributed by atoms with Gasteiger partial charge in [-0.2, -0.15) is 0 Å². The predicted octanol–water partition coefficient (Wildman–Crippen LogP) is 2.18. The Morgan fingerprint density at radius 3 is 2.33 bits per heavy atom. The summed E-state index contributed by atoms with van der Waals surface area (Å²) in [4.78, 5) is 0.172. The zero-order valence-electron chi connectivity index (χ0n) is 11.9. The molecule has 2 rings (SSSR count). The molecule has 0 heterocycles. The Morgan fingerprint density at radius 1 is 1.14 bits per heavy atom. The maximum atomic E-state index is 12.5. The van der Waals surface area contributed by atoms with Gasteiger partial charge in [-0.05, 0) is 54.8 Å². The third-order valence-corrected chi connectivity index (χ3v) is 4.73. The van der Waals surface area contributed by atoms with E-state index in [1.165, 1.54) is 0 Å². The summed E-state index contributed by atoms with van der Waals surface area (Å²) in [5.74, 6) is 0. The Kier molecular flexibility index (Phi) is 4.20. The number of aliphatic hydroxyl groups excluding tert-OH is 1. The van der Waals surface area contributed by atoms with Crippen LogP contribution >= 0.6 is 0 Å². The lowest BCUT2D eigenvalue weighted by atomic mass is 10.1. The summed E-state index contributed by atoms with van der Waals surface area (Å²) >= 11 is 0. The van der Waals surface area contributed by atoms with Crippen LogP contribution in [0.15, 0.2) is 41.3 Å². The van der Waals surface area contributed by atoms with Crippen LogP contribution in [0.2, 0.25) is 0 Å². The molecule has 0 aromatic heterocycles. The largest absolute Gasteiger partial charge is 0.398 e. The van der Waals surface area contributed by atoms with Crippen molar-refractivity contribution < 1.29 is 13.5 Å². The van der Waals surface area contributed by atoms with Gasteiger partial charge in [0.2, 0.25) is 0 Å². The van der Waals surface area contributed by atoms with Gasteiger partial charge in [0.25, 0.3) is 10.0 Å². The second-order valence-electron chi connectivity index (χ2n) is 4.94. The van der Waals surface area contributed by atoms with Gasteiger partial charge in [0, 0.05) is 11.4 Å². The number of rotatable bonds is 4. The van der Waals surface area contributed by atoms with Crippen LogP contribution < -0.4 is 10.5 Å². The zero-order chi connectivity index (χ0) is 15.6. The summed E-state index contributed by atoms with van der Waals surface area (Å²) in [6.45, 7) is 3.39. The summed E-state index contributed by atoms with van der Waals surface area (Å²) < 4.78 is 27.4. The smallest absolute Gasteiger partial charge is 0.262 e. The molecular formula is C15H18N2O3S. The molecule has 0 aliphatic carbocycles. The highest BCUT2D eigenvalue weighted by molar-refractivity contribution is 7.92. The molecule has 112 valence electrons. The second-order valence-corrected chi connectivity index (χ2v) is 6.59. The van der Waals surface area contributed by atoms with E-state index in [1.807, 2.05) is 0 Å². The molecule has 0 spiro atoms. The molecule has 0 saturated heterocycles. The second kappa shape index (κ2) is 5.75. The van der Waals surface area contributed by atoms with E-state index in [9.17, 15) is 8.42 Å². The fourth-order valence-electron chi connectivity index (χ4n) is 2.02. The summed E-state index contributed by atoms with van der Waals surface area (Å²) in [6.07, 6.45) is 0. The first kappa shape index (κ1) is 15.3. The van der Waals surface area contributed by atoms with Crippen molar-refractivity contribution in [2.24, 2.45) is 0 Å². The van der Waals surface area contributed by atoms with Gasteiger partial charge in [-0.3, -0.25) is 4.72 Å². The number of hydrogen-bond acceptors (Lipinski definition) is 4. The van der Waals surface area contributed by atoms with E-state index in [4.69, 9.17) is 10.8 Å². The Labute approximate surface area is 124 Å². The van der Waals surface area contributed by atoms with Crippen LogP contribution in [-0.2, 0) is 16.6 Å². The first-order chi connectivity index (χ1) is 9.83. The molecule has 0 bridgehead atoms. The minimum Gasteiger partial charge on any atom is -0.398 e. The van der Waals surface area contributed by atoms with Crippen molar-refractivity contribution in [2.75, 3.05) is 10.5 Å². The third kappa shape index (κ3) is 3.34. The lowest BCUT2D eigenvalue weighted by Crippen LogP contribution is -2.15. The van der Waals surface area contributed by atoms with E-state index >= 15 is 0 Å². The highest BCUT2D eigenvalue weighted by atomic mass is 32.2. The number of hydrogen-bond donors (Lipinski definition) is 3. The zero-order valence-corrected chi connectivity index (χ0v) is 12.7. The van der Waals surface area contributed by atoms with Crippen LogP contribution in [0.5, 0.6) is 0 Å². The highest BCUT2D eigenvalue weighted by Gasteiger charge is 2.18. The average Bonchev–Trinajstić information content (AvgIpc) is 2.43. The SMILES string of the molecule is Cc1cc(N)c(C)c(S(=O)(=O)Nc2ccc(CO)cc2)c1. The fraction of sp³-hybridized carbons (Fsp3) is 0.200. The van der Waals surface area contributed by atoms with Crippen LogP contribution in [0, 0.1) is 13.8 Å². The van der Waals surface area contributed by atoms with Crippen molar-refractivity contribution in [3.05, 3.63) is 53.1 Å². The van der Waals surface area contributed by atoms with Crippen molar-refractivity contribution in [2.45, 2.75) is 25.3 Å².